The number of amides is 2. The van der Waals surface area contributed by atoms with Crippen LogP contribution in [0.25, 0.3) is 11.1 Å². The topological polar surface area (TPSA) is 84.5 Å². The summed E-state index contributed by atoms with van der Waals surface area (Å²) in [4.78, 5) is 40.1. The minimum absolute atomic E-state index is 0.0737. The van der Waals surface area contributed by atoms with Crippen LogP contribution < -0.4 is 10.6 Å². The Morgan fingerprint density at radius 3 is 2.00 bits per heavy atom. The number of aryl methyl sites for hydroxylation is 1. The van der Waals surface area contributed by atoms with Crippen molar-refractivity contribution in [2.24, 2.45) is 11.3 Å². The molecule has 0 bridgehead atoms. The molecule has 0 unspecified atom stereocenters. The average molecular weight is 619 g/mol. The standard InChI is InChI=1S/C37H47ClN2O4/c1-25(27-16-10-8-11-17-27)39-35(43)33(36(2,3)4)40-34(42)29(24-32(41)44-37(5,6)7)20-14-15-26-21-22-30(31(38)23-26)28-18-12-9-13-19-28/h8-13,16-19,21-23,25,29,33H,14-15,20,24H2,1-7H3,(H,39,43)(H,40,42)/t25-,29-,33-/m1/s1. The van der Waals surface area contributed by atoms with E-state index in [9.17, 15) is 14.4 Å². The second kappa shape index (κ2) is 15.4. The number of halogens is 1. The van der Waals surface area contributed by atoms with Crippen molar-refractivity contribution in [2.45, 2.75) is 91.8 Å². The summed E-state index contributed by atoms with van der Waals surface area (Å²) < 4.78 is 5.56. The van der Waals surface area contributed by atoms with E-state index in [1.807, 2.05) is 107 Å². The van der Waals surface area contributed by atoms with Crippen LogP contribution in [0.1, 0.15) is 84.9 Å². The molecule has 3 aromatic carbocycles. The Morgan fingerprint density at radius 2 is 1.43 bits per heavy atom. The molecule has 0 heterocycles. The Kier molecular flexibility index (Phi) is 12.2. The maximum atomic E-state index is 13.7. The highest BCUT2D eigenvalue weighted by Crippen LogP contribution is 2.30. The van der Waals surface area contributed by atoms with Crippen LogP contribution in [0.2, 0.25) is 5.02 Å². The van der Waals surface area contributed by atoms with Crippen molar-refractivity contribution in [3.8, 4) is 11.1 Å². The zero-order valence-electron chi connectivity index (χ0n) is 27.1. The fourth-order valence-electron chi connectivity index (χ4n) is 5.09. The van der Waals surface area contributed by atoms with Crippen LogP contribution in [0.5, 0.6) is 0 Å². The number of ether oxygens (including phenoxy) is 1. The number of benzene rings is 3. The fourth-order valence-corrected chi connectivity index (χ4v) is 5.40. The van der Waals surface area contributed by atoms with Gasteiger partial charge in [-0.3, -0.25) is 14.4 Å². The predicted molar refractivity (Wildman–Crippen MR) is 178 cm³/mol. The van der Waals surface area contributed by atoms with Crippen LogP contribution in [-0.4, -0.2) is 29.4 Å². The Hall–Kier alpha value is -3.64. The number of hydrogen-bond acceptors (Lipinski definition) is 4. The average Bonchev–Trinajstić information content (AvgIpc) is 2.94. The van der Waals surface area contributed by atoms with Gasteiger partial charge in [0.15, 0.2) is 0 Å². The summed E-state index contributed by atoms with van der Waals surface area (Å²) in [5, 5.41) is 6.70. The molecule has 0 aliphatic heterocycles. The molecule has 236 valence electrons. The second-order valence-corrected chi connectivity index (χ2v) is 13.9. The molecule has 3 atom stereocenters. The molecular weight excluding hydrogens is 572 g/mol. The molecule has 0 aliphatic carbocycles. The molecule has 0 fully saturated rings. The lowest BCUT2D eigenvalue weighted by atomic mass is 9.85. The van der Waals surface area contributed by atoms with Gasteiger partial charge in [0.25, 0.3) is 0 Å². The van der Waals surface area contributed by atoms with Crippen LogP contribution in [0.15, 0.2) is 78.9 Å². The van der Waals surface area contributed by atoms with Crippen LogP contribution in [0.3, 0.4) is 0 Å². The predicted octanol–water partition coefficient (Wildman–Crippen LogP) is 8.09. The van der Waals surface area contributed by atoms with Gasteiger partial charge in [0, 0.05) is 16.5 Å². The Balaban J connectivity index is 1.72. The van der Waals surface area contributed by atoms with Crippen molar-refractivity contribution >= 4 is 29.4 Å². The molecule has 3 aromatic rings. The second-order valence-electron chi connectivity index (χ2n) is 13.5. The van der Waals surface area contributed by atoms with Crippen LogP contribution >= 0.6 is 11.6 Å². The number of nitrogens with one attached hydrogen (secondary N) is 2. The number of hydrogen-bond donors (Lipinski definition) is 2. The highest BCUT2D eigenvalue weighted by Gasteiger charge is 2.36. The molecule has 2 amide bonds. The van der Waals surface area contributed by atoms with E-state index in [2.05, 4.69) is 10.6 Å². The monoisotopic (exact) mass is 618 g/mol. The fraction of sp³-hybridized carbons (Fsp3) is 0.432. The number of carbonyl (C=O) groups is 3. The molecule has 0 saturated heterocycles. The largest absolute Gasteiger partial charge is 0.460 e. The maximum Gasteiger partial charge on any atom is 0.307 e. The normalized spacial score (nSPS) is 13.8. The van der Waals surface area contributed by atoms with Gasteiger partial charge >= 0.3 is 5.97 Å². The molecule has 7 heteroatoms. The summed E-state index contributed by atoms with van der Waals surface area (Å²) in [6, 6.07) is 24.6. The summed E-state index contributed by atoms with van der Waals surface area (Å²) in [5.74, 6) is -1.71. The van der Waals surface area contributed by atoms with E-state index < -0.39 is 28.9 Å². The number of rotatable bonds is 12. The molecule has 0 saturated carbocycles. The first-order valence-corrected chi connectivity index (χ1v) is 15.7. The van der Waals surface area contributed by atoms with Crippen LogP contribution in [-0.2, 0) is 25.5 Å². The first kappa shape index (κ1) is 34.8. The van der Waals surface area contributed by atoms with E-state index in [0.29, 0.717) is 24.3 Å². The third-order valence-corrected chi connectivity index (χ3v) is 7.73. The SMILES string of the molecule is C[C@@H](NC(=O)[C@@H](NC(=O)[C@H](CCCc1ccc(-c2ccccc2)c(Cl)c1)CC(=O)OC(C)(C)C)C(C)(C)C)c1ccccc1. The quantitative estimate of drug-likeness (QED) is 0.201. The number of carbonyl (C=O) groups excluding carboxylic acids is 3. The molecule has 0 aromatic heterocycles. The van der Waals surface area contributed by atoms with E-state index in [1.165, 1.54) is 0 Å². The Labute approximate surface area is 267 Å². The van der Waals surface area contributed by atoms with E-state index in [4.69, 9.17) is 16.3 Å². The minimum Gasteiger partial charge on any atom is -0.460 e. The summed E-state index contributed by atoms with van der Waals surface area (Å²) in [5.41, 5.74) is 2.80. The lowest BCUT2D eigenvalue weighted by Gasteiger charge is -2.33. The third kappa shape index (κ3) is 10.8. The van der Waals surface area contributed by atoms with Gasteiger partial charge in [0.1, 0.15) is 11.6 Å². The lowest BCUT2D eigenvalue weighted by Crippen LogP contribution is -2.55. The molecule has 0 spiro atoms. The van der Waals surface area contributed by atoms with Crippen molar-refractivity contribution in [2.75, 3.05) is 0 Å². The highest BCUT2D eigenvalue weighted by atomic mass is 35.5. The Bertz CT molecular complexity index is 1390. The minimum atomic E-state index is -0.799. The summed E-state index contributed by atoms with van der Waals surface area (Å²) in [6.07, 6.45) is 1.71. The van der Waals surface area contributed by atoms with Gasteiger partial charge in [0.05, 0.1) is 12.5 Å². The first-order valence-electron chi connectivity index (χ1n) is 15.4. The maximum absolute atomic E-state index is 13.7. The van der Waals surface area contributed by atoms with Gasteiger partial charge in [-0.25, -0.2) is 0 Å². The third-order valence-electron chi connectivity index (χ3n) is 7.41. The van der Waals surface area contributed by atoms with Gasteiger partial charge in [-0.15, -0.1) is 0 Å². The zero-order valence-corrected chi connectivity index (χ0v) is 27.8. The van der Waals surface area contributed by atoms with Gasteiger partial charge in [-0.05, 0) is 75.1 Å². The van der Waals surface area contributed by atoms with Gasteiger partial charge in [-0.1, -0.05) is 105 Å². The highest BCUT2D eigenvalue weighted by molar-refractivity contribution is 6.33. The zero-order chi connectivity index (χ0) is 32.5. The molecule has 3 rings (SSSR count). The van der Waals surface area contributed by atoms with Crippen molar-refractivity contribution in [1.82, 2.24) is 10.6 Å². The van der Waals surface area contributed by atoms with Gasteiger partial charge in [-0.2, -0.15) is 0 Å². The summed E-state index contributed by atoms with van der Waals surface area (Å²) in [6.45, 7) is 13.1. The number of esters is 1. The van der Waals surface area contributed by atoms with E-state index in [0.717, 1.165) is 22.3 Å². The van der Waals surface area contributed by atoms with E-state index in [-0.39, 0.29) is 24.3 Å². The van der Waals surface area contributed by atoms with Crippen molar-refractivity contribution in [1.29, 1.82) is 0 Å². The summed E-state index contributed by atoms with van der Waals surface area (Å²) >= 11 is 6.63. The summed E-state index contributed by atoms with van der Waals surface area (Å²) in [7, 11) is 0. The van der Waals surface area contributed by atoms with Gasteiger partial charge < -0.3 is 15.4 Å². The van der Waals surface area contributed by atoms with Crippen molar-refractivity contribution in [3.05, 3.63) is 95.0 Å². The molecule has 0 radical (unpaired) electrons. The molecule has 6 nitrogen and oxygen atoms in total. The van der Waals surface area contributed by atoms with Crippen molar-refractivity contribution < 1.29 is 19.1 Å². The molecule has 2 N–H and O–H groups in total. The Morgan fingerprint density at radius 1 is 0.818 bits per heavy atom. The molecular formula is C37H47ClN2O4. The molecule has 0 aliphatic rings. The van der Waals surface area contributed by atoms with E-state index in [1.54, 1.807) is 20.8 Å². The van der Waals surface area contributed by atoms with Gasteiger partial charge in [0.2, 0.25) is 11.8 Å². The molecule has 44 heavy (non-hydrogen) atoms. The van der Waals surface area contributed by atoms with Crippen LogP contribution in [0, 0.1) is 11.3 Å². The first-order chi connectivity index (χ1) is 20.6. The lowest BCUT2D eigenvalue weighted by molar-refractivity contribution is -0.157. The van der Waals surface area contributed by atoms with Crippen molar-refractivity contribution in [3.63, 3.8) is 0 Å². The van der Waals surface area contributed by atoms with Crippen LogP contribution in [0.4, 0.5) is 0 Å². The van der Waals surface area contributed by atoms with E-state index >= 15 is 0 Å². The smallest absolute Gasteiger partial charge is 0.307 e.